The fraction of sp³-hybridized carbons (Fsp3) is 0.562. The molecule has 1 heterocycles. The molecule has 2 N–H and O–H groups in total. The van der Waals surface area contributed by atoms with Crippen LogP contribution in [0.3, 0.4) is 0 Å². The molecule has 1 aromatic carbocycles. The summed E-state index contributed by atoms with van der Waals surface area (Å²) in [6.45, 7) is 0.795. The molecule has 0 aromatic heterocycles. The van der Waals surface area contributed by atoms with E-state index >= 15 is 0 Å². The van der Waals surface area contributed by atoms with Gasteiger partial charge in [-0.2, -0.15) is 0 Å². The molecule has 4 heteroatoms. The van der Waals surface area contributed by atoms with Crippen molar-refractivity contribution >= 4 is 5.91 Å². The van der Waals surface area contributed by atoms with E-state index in [1.54, 1.807) is 12.1 Å². The monoisotopic (exact) mass is 275 g/mol. The van der Waals surface area contributed by atoms with Crippen LogP contribution in [0.5, 0.6) is 0 Å². The average molecular weight is 275 g/mol. The first-order valence-corrected chi connectivity index (χ1v) is 7.40. The predicted molar refractivity (Wildman–Crippen MR) is 75.0 cm³/mol. The van der Waals surface area contributed by atoms with Gasteiger partial charge in [0.15, 0.2) is 6.10 Å². The molecule has 108 valence electrons. The summed E-state index contributed by atoms with van der Waals surface area (Å²) in [5, 5.41) is 13.1. The van der Waals surface area contributed by atoms with E-state index in [0.717, 1.165) is 32.3 Å². The number of fused-ring (bicyclic) bond motifs is 1. The molecular formula is C16H21NO3. The van der Waals surface area contributed by atoms with E-state index in [2.05, 4.69) is 5.32 Å². The molecule has 4 nitrogen and oxygen atoms in total. The smallest absolute Gasteiger partial charge is 0.253 e. The van der Waals surface area contributed by atoms with Gasteiger partial charge in [0.25, 0.3) is 5.91 Å². The van der Waals surface area contributed by atoms with Gasteiger partial charge in [-0.05, 0) is 31.2 Å². The van der Waals surface area contributed by atoms with Gasteiger partial charge in [0, 0.05) is 18.6 Å². The van der Waals surface area contributed by atoms with Gasteiger partial charge in [-0.1, -0.05) is 30.3 Å². The summed E-state index contributed by atoms with van der Waals surface area (Å²) in [7, 11) is 0. The Balaban J connectivity index is 1.63. The van der Waals surface area contributed by atoms with Crippen LogP contribution in [0, 0.1) is 5.92 Å². The second kappa shape index (κ2) is 5.94. The van der Waals surface area contributed by atoms with E-state index in [0.29, 0.717) is 17.6 Å². The van der Waals surface area contributed by atoms with E-state index in [1.807, 2.05) is 18.2 Å². The van der Waals surface area contributed by atoms with Crippen LogP contribution in [0.2, 0.25) is 0 Å². The second-order valence-corrected chi connectivity index (χ2v) is 5.72. The lowest BCUT2D eigenvalue weighted by Crippen LogP contribution is -2.47. The van der Waals surface area contributed by atoms with Crippen molar-refractivity contribution in [2.24, 2.45) is 5.92 Å². The van der Waals surface area contributed by atoms with Crippen LogP contribution in [0.25, 0.3) is 0 Å². The van der Waals surface area contributed by atoms with Crippen LogP contribution < -0.4 is 5.32 Å². The number of ether oxygens (including phenoxy) is 1. The molecular weight excluding hydrogens is 254 g/mol. The van der Waals surface area contributed by atoms with Crippen molar-refractivity contribution in [2.75, 3.05) is 6.61 Å². The highest BCUT2D eigenvalue weighted by Gasteiger charge is 2.38. The number of benzene rings is 1. The summed E-state index contributed by atoms with van der Waals surface area (Å²) in [6.07, 6.45) is 3.38. The SMILES string of the molecule is O=C(NC1CCCC2OCCC12)C(O)c1ccccc1. The molecule has 0 spiro atoms. The molecule has 2 fully saturated rings. The first-order valence-electron chi connectivity index (χ1n) is 7.40. The summed E-state index contributed by atoms with van der Waals surface area (Å²) in [4.78, 5) is 12.2. The molecule has 1 saturated heterocycles. The second-order valence-electron chi connectivity index (χ2n) is 5.72. The molecule has 1 amide bonds. The lowest BCUT2D eigenvalue weighted by molar-refractivity contribution is -0.131. The third-order valence-electron chi connectivity index (χ3n) is 4.47. The maximum absolute atomic E-state index is 12.2. The summed E-state index contributed by atoms with van der Waals surface area (Å²) in [6, 6.07) is 9.21. The molecule has 1 aromatic rings. The molecule has 20 heavy (non-hydrogen) atoms. The molecule has 3 rings (SSSR count). The average Bonchev–Trinajstić information content (AvgIpc) is 2.97. The number of amides is 1. The Morgan fingerprint density at radius 1 is 1.25 bits per heavy atom. The number of carbonyl (C=O) groups excluding carboxylic acids is 1. The minimum absolute atomic E-state index is 0.141. The van der Waals surface area contributed by atoms with Gasteiger partial charge in [0.2, 0.25) is 0 Å². The van der Waals surface area contributed by atoms with E-state index in [-0.39, 0.29) is 11.9 Å². The Bertz CT molecular complexity index is 462. The van der Waals surface area contributed by atoms with Crippen LogP contribution in [0.1, 0.15) is 37.4 Å². The van der Waals surface area contributed by atoms with Gasteiger partial charge in [-0.3, -0.25) is 4.79 Å². The molecule has 1 saturated carbocycles. The molecule has 0 bridgehead atoms. The van der Waals surface area contributed by atoms with Crippen molar-refractivity contribution in [3.63, 3.8) is 0 Å². The molecule has 2 aliphatic rings. The Hall–Kier alpha value is -1.39. The van der Waals surface area contributed by atoms with Crippen molar-refractivity contribution in [3.8, 4) is 0 Å². The maximum atomic E-state index is 12.2. The van der Waals surface area contributed by atoms with E-state index in [9.17, 15) is 9.90 Å². The Morgan fingerprint density at radius 2 is 2.05 bits per heavy atom. The number of hydrogen-bond donors (Lipinski definition) is 2. The van der Waals surface area contributed by atoms with Crippen LogP contribution in [0.4, 0.5) is 0 Å². The first-order chi connectivity index (χ1) is 9.75. The number of aliphatic hydroxyl groups excluding tert-OH is 1. The van der Waals surface area contributed by atoms with Gasteiger partial charge in [0.05, 0.1) is 6.10 Å². The van der Waals surface area contributed by atoms with Crippen molar-refractivity contribution in [3.05, 3.63) is 35.9 Å². The van der Waals surface area contributed by atoms with Gasteiger partial charge in [-0.25, -0.2) is 0 Å². The van der Waals surface area contributed by atoms with Crippen molar-refractivity contribution in [1.82, 2.24) is 5.32 Å². The van der Waals surface area contributed by atoms with Crippen molar-refractivity contribution < 1.29 is 14.6 Å². The lowest BCUT2D eigenvalue weighted by atomic mass is 9.81. The van der Waals surface area contributed by atoms with E-state index < -0.39 is 6.10 Å². The Labute approximate surface area is 119 Å². The minimum atomic E-state index is -1.08. The van der Waals surface area contributed by atoms with Crippen LogP contribution in [-0.4, -0.2) is 29.8 Å². The van der Waals surface area contributed by atoms with Crippen LogP contribution >= 0.6 is 0 Å². The fourth-order valence-electron chi connectivity index (χ4n) is 3.40. The van der Waals surface area contributed by atoms with E-state index in [4.69, 9.17) is 4.74 Å². The van der Waals surface area contributed by atoms with Crippen molar-refractivity contribution in [1.29, 1.82) is 0 Å². The summed E-state index contributed by atoms with van der Waals surface area (Å²) >= 11 is 0. The highest BCUT2D eigenvalue weighted by atomic mass is 16.5. The molecule has 4 unspecified atom stereocenters. The molecule has 1 aliphatic carbocycles. The number of hydrogen-bond acceptors (Lipinski definition) is 3. The normalized spacial score (nSPS) is 30.6. The standard InChI is InChI=1S/C16H21NO3/c18-15(11-5-2-1-3-6-11)16(19)17-13-7-4-8-14-12(13)9-10-20-14/h1-3,5-6,12-15,18H,4,7-10H2,(H,17,19). The van der Waals surface area contributed by atoms with Gasteiger partial charge in [-0.15, -0.1) is 0 Å². The third kappa shape index (κ3) is 2.72. The summed E-state index contributed by atoms with van der Waals surface area (Å²) in [5.41, 5.74) is 0.639. The highest BCUT2D eigenvalue weighted by molar-refractivity contribution is 5.82. The van der Waals surface area contributed by atoms with Crippen LogP contribution in [-0.2, 0) is 9.53 Å². The van der Waals surface area contributed by atoms with Gasteiger partial charge < -0.3 is 15.2 Å². The minimum Gasteiger partial charge on any atom is -0.378 e. The lowest BCUT2D eigenvalue weighted by Gasteiger charge is -2.33. The topological polar surface area (TPSA) is 58.6 Å². The summed E-state index contributed by atoms with van der Waals surface area (Å²) < 4.78 is 5.70. The van der Waals surface area contributed by atoms with Crippen molar-refractivity contribution in [2.45, 2.75) is 43.9 Å². The first kappa shape index (κ1) is 13.6. The maximum Gasteiger partial charge on any atom is 0.253 e. The zero-order valence-electron chi connectivity index (χ0n) is 11.5. The molecule has 4 atom stereocenters. The fourth-order valence-corrected chi connectivity index (χ4v) is 3.40. The van der Waals surface area contributed by atoms with Gasteiger partial charge in [0.1, 0.15) is 0 Å². The summed E-state index contributed by atoms with van der Waals surface area (Å²) in [5.74, 6) is 0.115. The largest absolute Gasteiger partial charge is 0.378 e. The van der Waals surface area contributed by atoms with E-state index in [1.165, 1.54) is 0 Å². The zero-order chi connectivity index (χ0) is 13.9. The number of rotatable bonds is 3. The number of carbonyl (C=O) groups is 1. The number of nitrogens with one attached hydrogen (secondary N) is 1. The number of aliphatic hydroxyl groups is 1. The third-order valence-corrected chi connectivity index (χ3v) is 4.47. The predicted octanol–water partition coefficient (Wildman–Crippen LogP) is 1.79. The molecule has 1 aliphatic heterocycles. The quantitative estimate of drug-likeness (QED) is 0.884. The highest BCUT2D eigenvalue weighted by Crippen LogP contribution is 2.34. The Morgan fingerprint density at radius 3 is 2.85 bits per heavy atom. The van der Waals surface area contributed by atoms with Gasteiger partial charge >= 0.3 is 0 Å². The Kier molecular flexibility index (Phi) is 4.03. The molecule has 0 radical (unpaired) electrons. The zero-order valence-corrected chi connectivity index (χ0v) is 11.5. The van der Waals surface area contributed by atoms with Crippen LogP contribution in [0.15, 0.2) is 30.3 Å².